The summed E-state index contributed by atoms with van der Waals surface area (Å²) in [5.74, 6) is -0.275. The Balaban J connectivity index is 2.45. The molecule has 3 nitrogen and oxygen atoms in total. The average Bonchev–Trinajstić information content (AvgIpc) is 1.64. The first-order valence-electron chi connectivity index (χ1n) is 2.62. The molecule has 0 aromatic heterocycles. The Morgan fingerprint density at radius 3 is 1.88 bits per heavy atom. The summed E-state index contributed by atoms with van der Waals surface area (Å²) in [6, 6.07) is 0. The first-order valence-corrected chi connectivity index (χ1v) is 2.62. The number of hydrogen-bond acceptors (Lipinski definition) is 2. The molecule has 0 aliphatic carbocycles. The van der Waals surface area contributed by atoms with E-state index in [2.05, 4.69) is 5.32 Å². The Morgan fingerprint density at radius 2 is 1.62 bits per heavy atom. The Hall–Kier alpha value is -0.860. The molecule has 0 radical (unpaired) electrons. The van der Waals surface area contributed by atoms with Crippen LogP contribution in [0.15, 0.2) is 0 Å². The van der Waals surface area contributed by atoms with Gasteiger partial charge in [0.15, 0.2) is 0 Å². The number of rotatable bonds is 0. The Bertz CT molecular complexity index is 116. The van der Waals surface area contributed by atoms with Gasteiger partial charge in [0, 0.05) is 12.8 Å². The first kappa shape index (κ1) is 5.28. The second-order valence-electron chi connectivity index (χ2n) is 1.82. The summed E-state index contributed by atoms with van der Waals surface area (Å²) in [6.45, 7) is 0. The fourth-order valence-corrected chi connectivity index (χ4v) is 0.690. The van der Waals surface area contributed by atoms with Crippen LogP contribution in [0.5, 0.6) is 0 Å². The minimum absolute atomic E-state index is 0.138. The van der Waals surface area contributed by atoms with Crippen LogP contribution in [0.25, 0.3) is 0 Å². The maximum atomic E-state index is 10.3. The summed E-state index contributed by atoms with van der Waals surface area (Å²) in [7, 11) is 0. The van der Waals surface area contributed by atoms with Gasteiger partial charge >= 0.3 is 0 Å². The predicted molar refractivity (Wildman–Crippen MR) is 27.0 cm³/mol. The maximum Gasteiger partial charge on any atom is 0.226 e. The molecule has 0 unspecified atom stereocenters. The first-order chi connectivity index (χ1) is 3.79. The molecule has 0 aromatic rings. The third-order valence-corrected chi connectivity index (χ3v) is 1.09. The lowest BCUT2D eigenvalue weighted by atomic mass is 10.2. The standard InChI is InChI=1S/C5H7NO2/c7-4-2-1-3-5(8)6-4/h1-3H2,(H,6,7,8)/i6+1. The molecule has 1 rings (SSSR count). The molecule has 0 saturated carbocycles. The number of carbonyl (C=O) groups is 2. The van der Waals surface area contributed by atoms with Gasteiger partial charge in [0.25, 0.3) is 0 Å². The van der Waals surface area contributed by atoms with Gasteiger partial charge < -0.3 is 0 Å². The van der Waals surface area contributed by atoms with Gasteiger partial charge in [0.1, 0.15) is 0 Å². The van der Waals surface area contributed by atoms with Gasteiger partial charge in [-0.25, -0.2) is 0 Å². The molecule has 1 N–H and O–H groups in total. The van der Waals surface area contributed by atoms with Crippen molar-refractivity contribution in [2.75, 3.05) is 0 Å². The molecule has 3 heteroatoms. The van der Waals surface area contributed by atoms with E-state index in [-0.39, 0.29) is 11.8 Å². The highest BCUT2D eigenvalue weighted by Gasteiger charge is 2.12. The summed E-state index contributed by atoms with van der Waals surface area (Å²) in [5, 5.41) is 2.20. The molecule has 2 amide bonds. The van der Waals surface area contributed by atoms with E-state index in [0.717, 1.165) is 0 Å². The molecule has 1 saturated heterocycles. The minimum Gasteiger partial charge on any atom is -0.296 e. The van der Waals surface area contributed by atoms with Crippen LogP contribution in [0.3, 0.4) is 0 Å². The highest BCUT2D eigenvalue weighted by atomic mass is 16.2. The monoisotopic (exact) mass is 114 g/mol. The Morgan fingerprint density at radius 1 is 1.12 bits per heavy atom. The lowest BCUT2D eigenvalue weighted by molar-refractivity contribution is -0.132. The summed E-state index contributed by atoms with van der Waals surface area (Å²) in [6.07, 6.45) is 1.72. The highest BCUT2D eigenvalue weighted by Crippen LogP contribution is 2.00. The molecule has 0 bridgehead atoms. The second kappa shape index (κ2) is 1.94. The lowest BCUT2D eigenvalue weighted by Crippen LogP contribution is -2.33. The average molecular weight is 114 g/mol. The fraction of sp³-hybridized carbons (Fsp3) is 0.600. The number of piperidine rings is 1. The topological polar surface area (TPSA) is 46.2 Å². The molecule has 0 atom stereocenters. The molecule has 0 aromatic carbocycles. The van der Waals surface area contributed by atoms with Crippen LogP contribution in [-0.2, 0) is 9.59 Å². The Labute approximate surface area is 47.1 Å². The predicted octanol–water partition coefficient (Wildman–Crippen LogP) is -0.187. The van der Waals surface area contributed by atoms with E-state index in [1.54, 1.807) is 0 Å². The molecule has 8 heavy (non-hydrogen) atoms. The molecule has 1 aliphatic rings. The third kappa shape index (κ3) is 1.05. The molecule has 0 spiro atoms. The maximum absolute atomic E-state index is 10.3. The van der Waals surface area contributed by atoms with Gasteiger partial charge in [0.05, 0.1) is 0 Å². The van der Waals surface area contributed by atoms with Crippen LogP contribution < -0.4 is 5.32 Å². The van der Waals surface area contributed by atoms with Crippen molar-refractivity contribution in [3.05, 3.63) is 0 Å². The largest absolute Gasteiger partial charge is 0.296 e. The molecule has 1 aliphatic heterocycles. The van der Waals surface area contributed by atoms with Crippen LogP contribution in [-0.4, -0.2) is 11.8 Å². The smallest absolute Gasteiger partial charge is 0.226 e. The number of imide groups is 1. The summed E-state index contributed by atoms with van der Waals surface area (Å²) >= 11 is 0. The van der Waals surface area contributed by atoms with Crippen molar-refractivity contribution in [1.29, 1.82) is 0 Å². The summed E-state index contributed by atoms with van der Waals surface area (Å²) < 4.78 is 0. The van der Waals surface area contributed by atoms with Gasteiger partial charge in [0.2, 0.25) is 11.8 Å². The number of amides is 2. The minimum atomic E-state index is -0.138. The van der Waals surface area contributed by atoms with E-state index in [0.29, 0.717) is 19.3 Å². The molecular weight excluding hydrogens is 107 g/mol. The van der Waals surface area contributed by atoms with Gasteiger partial charge in [-0.15, -0.1) is 0 Å². The van der Waals surface area contributed by atoms with Gasteiger partial charge in [-0.1, -0.05) is 0 Å². The second-order valence-corrected chi connectivity index (χ2v) is 1.82. The number of carbonyl (C=O) groups excluding carboxylic acids is 2. The fourth-order valence-electron chi connectivity index (χ4n) is 0.690. The third-order valence-electron chi connectivity index (χ3n) is 1.09. The van der Waals surface area contributed by atoms with Crippen LogP contribution in [0.1, 0.15) is 19.3 Å². The van der Waals surface area contributed by atoms with E-state index in [1.807, 2.05) is 0 Å². The zero-order chi connectivity index (χ0) is 5.98. The summed E-state index contributed by atoms with van der Waals surface area (Å²) in [4.78, 5) is 20.7. The highest BCUT2D eigenvalue weighted by molar-refractivity contribution is 5.97. The zero-order valence-electron chi connectivity index (χ0n) is 4.44. The quantitative estimate of drug-likeness (QED) is 0.350. The zero-order valence-corrected chi connectivity index (χ0v) is 4.44. The van der Waals surface area contributed by atoms with Crippen molar-refractivity contribution in [2.24, 2.45) is 0 Å². The van der Waals surface area contributed by atoms with E-state index in [9.17, 15) is 9.59 Å². The SMILES string of the molecule is O=C1CCCC(=O)[15NH]1. The van der Waals surface area contributed by atoms with Crippen molar-refractivity contribution in [3.8, 4) is 0 Å². The van der Waals surface area contributed by atoms with Crippen LogP contribution in [0, 0.1) is 0 Å². The molecule has 1 heterocycles. The van der Waals surface area contributed by atoms with Gasteiger partial charge in [-0.2, -0.15) is 0 Å². The molecule has 1 fully saturated rings. The van der Waals surface area contributed by atoms with Crippen molar-refractivity contribution >= 4 is 11.8 Å². The number of nitrogens with one attached hydrogen (secondary N) is 1. The van der Waals surface area contributed by atoms with Crippen LogP contribution in [0.2, 0.25) is 0 Å². The van der Waals surface area contributed by atoms with Gasteiger partial charge in [-0.3, -0.25) is 14.9 Å². The van der Waals surface area contributed by atoms with Crippen molar-refractivity contribution < 1.29 is 9.59 Å². The number of hydrogen-bond donors (Lipinski definition) is 1. The van der Waals surface area contributed by atoms with Crippen LogP contribution in [0.4, 0.5) is 0 Å². The van der Waals surface area contributed by atoms with E-state index < -0.39 is 0 Å². The Kier molecular flexibility index (Phi) is 1.28. The van der Waals surface area contributed by atoms with Crippen LogP contribution >= 0.6 is 0 Å². The molecular formula is C5H7NO2. The van der Waals surface area contributed by atoms with Crippen molar-refractivity contribution in [2.45, 2.75) is 19.3 Å². The lowest BCUT2D eigenvalue weighted by Gasteiger charge is -2.07. The molecule has 44 valence electrons. The van der Waals surface area contributed by atoms with E-state index in [4.69, 9.17) is 0 Å². The van der Waals surface area contributed by atoms with E-state index >= 15 is 0 Å². The van der Waals surface area contributed by atoms with Gasteiger partial charge in [-0.05, 0) is 6.42 Å². The summed E-state index contributed by atoms with van der Waals surface area (Å²) in [5.41, 5.74) is 0. The van der Waals surface area contributed by atoms with E-state index in [1.165, 1.54) is 0 Å². The van der Waals surface area contributed by atoms with Crippen molar-refractivity contribution in [3.63, 3.8) is 0 Å². The van der Waals surface area contributed by atoms with Crippen molar-refractivity contribution in [1.82, 2.24) is 5.32 Å². The normalized spacial score (nSPS) is 20.5.